The van der Waals surface area contributed by atoms with Gasteiger partial charge in [-0.3, -0.25) is 9.89 Å². The number of nitrogens with zero attached hydrogens (tertiary/aromatic N) is 1. The molecule has 1 saturated carbocycles. The fourth-order valence-electron chi connectivity index (χ4n) is 1.90. The van der Waals surface area contributed by atoms with E-state index in [1.54, 1.807) is 0 Å². The maximum atomic E-state index is 11.9. The van der Waals surface area contributed by atoms with Gasteiger partial charge in [-0.1, -0.05) is 13.8 Å². The number of aromatic amines is 1. The molecule has 0 radical (unpaired) electrons. The molecule has 1 heterocycles. The molecule has 0 aliphatic heterocycles. The van der Waals surface area contributed by atoms with Gasteiger partial charge in [0.25, 0.3) is 5.91 Å². The second-order valence-corrected chi connectivity index (χ2v) is 5.23. The van der Waals surface area contributed by atoms with Crippen molar-refractivity contribution in [3.05, 3.63) is 17.5 Å². The largest absolute Gasteiger partial charge is 0.349 e. The van der Waals surface area contributed by atoms with Crippen LogP contribution >= 0.6 is 0 Å². The van der Waals surface area contributed by atoms with Gasteiger partial charge in [0.05, 0.1) is 0 Å². The molecule has 0 bridgehead atoms. The fourth-order valence-corrected chi connectivity index (χ4v) is 1.90. The van der Waals surface area contributed by atoms with Crippen LogP contribution in [0, 0.1) is 0 Å². The molecule has 1 aliphatic carbocycles. The Morgan fingerprint density at radius 2 is 2.22 bits per heavy atom. The summed E-state index contributed by atoms with van der Waals surface area (Å²) in [5.74, 6) is 0.439. The Labute approximate surface area is 108 Å². The molecule has 0 aromatic carbocycles. The quantitative estimate of drug-likeness (QED) is 0.716. The molecular formula is C13H22N4O. The first-order valence-electron chi connectivity index (χ1n) is 6.70. The highest BCUT2D eigenvalue weighted by atomic mass is 16.1. The second-order valence-electron chi connectivity index (χ2n) is 5.23. The molecule has 1 aromatic heterocycles. The topological polar surface area (TPSA) is 83.8 Å². The number of carbonyl (C=O) groups excluding carboxylic acids is 1. The molecule has 1 amide bonds. The zero-order valence-corrected chi connectivity index (χ0v) is 11.1. The molecule has 0 unspecified atom stereocenters. The average Bonchev–Trinajstić information content (AvgIpc) is 3.13. The number of nitrogens with one attached hydrogen (secondary N) is 2. The van der Waals surface area contributed by atoms with Gasteiger partial charge >= 0.3 is 0 Å². The summed E-state index contributed by atoms with van der Waals surface area (Å²) in [6.07, 6.45) is 4.08. The Morgan fingerprint density at radius 1 is 1.56 bits per heavy atom. The molecule has 0 atom stereocenters. The summed E-state index contributed by atoms with van der Waals surface area (Å²) in [6.45, 7) is 4.56. The number of rotatable bonds is 6. The lowest BCUT2D eigenvalue weighted by Crippen LogP contribution is -2.49. The highest BCUT2D eigenvalue weighted by molar-refractivity contribution is 5.92. The van der Waals surface area contributed by atoms with Gasteiger partial charge in [0.1, 0.15) is 5.69 Å². The molecule has 4 N–H and O–H groups in total. The Balaban J connectivity index is 1.90. The van der Waals surface area contributed by atoms with E-state index in [1.165, 1.54) is 12.8 Å². The lowest BCUT2D eigenvalue weighted by atomic mass is 9.94. The van der Waals surface area contributed by atoms with Crippen LogP contribution in [-0.4, -0.2) is 28.2 Å². The molecule has 1 aromatic rings. The van der Waals surface area contributed by atoms with Gasteiger partial charge in [-0.2, -0.15) is 5.10 Å². The third kappa shape index (κ3) is 2.90. The molecule has 1 fully saturated rings. The van der Waals surface area contributed by atoms with E-state index < -0.39 is 0 Å². The van der Waals surface area contributed by atoms with Crippen molar-refractivity contribution in [1.29, 1.82) is 0 Å². The zero-order chi connectivity index (χ0) is 13.2. The summed E-state index contributed by atoms with van der Waals surface area (Å²) in [5.41, 5.74) is 7.37. The number of amides is 1. The molecule has 18 heavy (non-hydrogen) atoms. The lowest BCUT2D eigenvalue weighted by Gasteiger charge is -2.26. The summed E-state index contributed by atoms with van der Waals surface area (Å²) >= 11 is 0. The van der Waals surface area contributed by atoms with E-state index in [2.05, 4.69) is 15.5 Å². The molecule has 1 aliphatic rings. The molecule has 2 rings (SSSR count). The predicted molar refractivity (Wildman–Crippen MR) is 70.4 cm³/mol. The summed E-state index contributed by atoms with van der Waals surface area (Å²) in [4.78, 5) is 11.9. The van der Waals surface area contributed by atoms with Gasteiger partial charge in [-0.15, -0.1) is 0 Å². The highest BCUT2D eigenvalue weighted by Crippen LogP contribution is 2.38. The Kier molecular flexibility index (Phi) is 3.71. The third-order valence-electron chi connectivity index (χ3n) is 3.86. The first-order chi connectivity index (χ1) is 8.58. The van der Waals surface area contributed by atoms with E-state index in [1.807, 2.05) is 19.9 Å². The number of carbonyl (C=O) groups is 1. The van der Waals surface area contributed by atoms with Crippen molar-refractivity contribution in [3.63, 3.8) is 0 Å². The second kappa shape index (κ2) is 5.10. The van der Waals surface area contributed by atoms with Crippen molar-refractivity contribution in [2.75, 3.05) is 6.54 Å². The van der Waals surface area contributed by atoms with Crippen molar-refractivity contribution in [2.24, 2.45) is 5.73 Å². The van der Waals surface area contributed by atoms with Gasteiger partial charge in [-0.05, 0) is 31.7 Å². The summed E-state index contributed by atoms with van der Waals surface area (Å²) in [7, 11) is 0. The number of aromatic nitrogens is 2. The van der Waals surface area contributed by atoms with Gasteiger partial charge < -0.3 is 11.1 Å². The van der Waals surface area contributed by atoms with Crippen LogP contribution in [0.3, 0.4) is 0 Å². The summed E-state index contributed by atoms with van der Waals surface area (Å²) < 4.78 is 0. The third-order valence-corrected chi connectivity index (χ3v) is 3.86. The molecule has 0 saturated heterocycles. The summed E-state index contributed by atoms with van der Waals surface area (Å²) in [5, 5.41) is 9.85. The fraction of sp³-hybridized carbons (Fsp3) is 0.692. The maximum absolute atomic E-state index is 11.9. The van der Waals surface area contributed by atoms with Crippen molar-refractivity contribution >= 4 is 5.91 Å². The standard InChI is InChI=1S/C13H22N4O/c1-3-13(14,4-2)8-15-12(18)11-7-10(16-17-11)9-5-6-9/h7,9H,3-6,8,14H2,1-2H3,(H,15,18)(H,16,17). The minimum Gasteiger partial charge on any atom is -0.349 e. The predicted octanol–water partition coefficient (Wildman–Crippen LogP) is 1.53. The normalized spacial score (nSPS) is 15.7. The van der Waals surface area contributed by atoms with E-state index in [4.69, 9.17) is 5.73 Å². The first-order valence-corrected chi connectivity index (χ1v) is 6.70. The van der Waals surface area contributed by atoms with Gasteiger partial charge in [0.15, 0.2) is 0 Å². The molecule has 100 valence electrons. The van der Waals surface area contributed by atoms with E-state index in [0.717, 1.165) is 18.5 Å². The van der Waals surface area contributed by atoms with Gasteiger partial charge in [-0.25, -0.2) is 0 Å². The van der Waals surface area contributed by atoms with Crippen molar-refractivity contribution in [1.82, 2.24) is 15.5 Å². The lowest BCUT2D eigenvalue weighted by molar-refractivity contribution is 0.0937. The first kappa shape index (κ1) is 13.1. The van der Waals surface area contributed by atoms with Crippen LogP contribution in [0.25, 0.3) is 0 Å². The van der Waals surface area contributed by atoms with Crippen molar-refractivity contribution < 1.29 is 4.79 Å². The van der Waals surface area contributed by atoms with Crippen LogP contribution < -0.4 is 11.1 Å². The summed E-state index contributed by atoms with van der Waals surface area (Å²) in [6, 6.07) is 1.85. The minimum atomic E-state index is -0.314. The van der Waals surface area contributed by atoms with Crippen LogP contribution in [0.4, 0.5) is 0 Å². The van der Waals surface area contributed by atoms with E-state index in [0.29, 0.717) is 18.2 Å². The van der Waals surface area contributed by atoms with Gasteiger partial charge in [0, 0.05) is 23.7 Å². The number of hydrogen-bond acceptors (Lipinski definition) is 3. The van der Waals surface area contributed by atoms with Crippen LogP contribution in [0.15, 0.2) is 6.07 Å². The Bertz CT molecular complexity index is 418. The van der Waals surface area contributed by atoms with Crippen molar-refractivity contribution in [2.45, 2.75) is 51.0 Å². The minimum absolute atomic E-state index is 0.144. The monoisotopic (exact) mass is 250 g/mol. The molecule has 5 heteroatoms. The van der Waals surface area contributed by atoms with E-state index >= 15 is 0 Å². The van der Waals surface area contributed by atoms with Crippen LogP contribution in [-0.2, 0) is 0 Å². The van der Waals surface area contributed by atoms with Gasteiger partial charge in [0.2, 0.25) is 0 Å². The number of H-pyrrole nitrogens is 1. The van der Waals surface area contributed by atoms with Crippen LogP contribution in [0.1, 0.15) is 61.6 Å². The Hall–Kier alpha value is -1.36. The maximum Gasteiger partial charge on any atom is 0.271 e. The molecule has 0 spiro atoms. The average molecular weight is 250 g/mol. The zero-order valence-electron chi connectivity index (χ0n) is 11.1. The van der Waals surface area contributed by atoms with Crippen molar-refractivity contribution in [3.8, 4) is 0 Å². The van der Waals surface area contributed by atoms with E-state index in [9.17, 15) is 4.79 Å². The number of nitrogens with two attached hydrogens (primary N) is 1. The van der Waals surface area contributed by atoms with E-state index in [-0.39, 0.29) is 11.4 Å². The molecular weight excluding hydrogens is 228 g/mol. The van der Waals surface area contributed by atoms with Crippen LogP contribution in [0.2, 0.25) is 0 Å². The SMILES string of the molecule is CCC(N)(CC)CNC(=O)c1cc(C2CC2)[nH]n1. The van der Waals surface area contributed by atoms with Crippen LogP contribution in [0.5, 0.6) is 0 Å². The Morgan fingerprint density at radius 3 is 2.78 bits per heavy atom. The smallest absolute Gasteiger partial charge is 0.271 e. The highest BCUT2D eigenvalue weighted by Gasteiger charge is 2.27. The molecule has 5 nitrogen and oxygen atoms in total. The number of hydrogen-bond donors (Lipinski definition) is 3.